The Bertz CT molecular complexity index is 346. The Morgan fingerprint density at radius 3 is 2.39 bits per heavy atom. The molecule has 2 fully saturated rings. The van der Waals surface area contributed by atoms with Crippen molar-refractivity contribution in [3.63, 3.8) is 0 Å². The number of hydrogen-bond acceptors (Lipinski definition) is 4. The fourth-order valence-corrected chi connectivity index (χ4v) is 3.06. The molecule has 18 heavy (non-hydrogen) atoms. The Balaban J connectivity index is 2.07. The Hall–Kier alpha value is -0.940. The number of imide groups is 1. The van der Waals surface area contributed by atoms with Gasteiger partial charge in [0.1, 0.15) is 0 Å². The Labute approximate surface area is 108 Å². The van der Waals surface area contributed by atoms with Crippen molar-refractivity contribution in [1.29, 1.82) is 0 Å². The van der Waals surface area contributed by atoms with Crippen molar-refractivity contribution in [1.82, 2.24) is 15.5 Å². The molecule has 2 aliphatic rings. The molecule has 2 amide bonds. The van der Waals surface area contributed by atoms with E-state index in [1.807, 2.05) is 20.9 Å². The van der Waals surface area contributed by atoms with Gasteiger partial charge in [-0.3, -0.25) is 19.8 Å². The van der Waals surface area contributed by atoms with Crippen molar-refractivity contribution in [2.24, 2.45) is 0 Å². The fraction of sp³-hybridized carbons (Fsp3) is 0.846. The van der Waals surface area contributed by atoms with Crippen molar-refractivity contribution in [3.05, 3.63) is 0 Å². The smallest absolute Gasteiger partial charge is 0.246 e. The SMILES string of the molecule is CNC1CCC(N2CC(=O)NC(=O)C2(C)C)CC1. The van der Waals surface area contributed by atoms with E-state index in [1.54, 1.807) is 0 Å². The third-order valence-electron chi connectivity index (χ3n) is 4.39. The van der Waals surface area contributed by atoms with E-state index in [1.165, 1.54) is 0 Å². The zero-order valence-electron chi connectivity index (χ0n) is 11.5. The number of nitrogens with zero attached hydrogens (tertiary/aromatic N) is 1. The number of carbonyl (C=O) groups is 2. The maximum atomic E-state index is 11.9. The molecule has 0 aromatic rings. The molecule has 1 heterocycles. The van der Waals surface area contributed by atoms with Crippen LogP contribution >= 0.6 is 0 Å². The van der Waals surface area contributed by atoms with Crippen molar-refractivity contribution in [3.8, 4) is 0 Å². The summed E-state index contributed by atoms with van der Waals surface area (Å²) in [6.07, 6.45) is 4.33. The summed E-state index contributed by atoms with van der Waals surface area (Å²) < 4.78 is 0. The lowest BCUT2D eigenvalue weighted by Crippen LogP contribution is -2.66. The van der Waals surface area contributed by atoms with Crippen molar-refractivity contribution < 1.29 is 9.59 Å². The topological polar surface area (TPSA) is 61.4 Å². The van der Waals surface area contributed by atoms with Gasteiger partial charge >= 0.3 is 0 Å². The lowest BCUT2D eigenvalue weighted by atomic mass is 9.86. The van der Waals surface area contributed by atoms with Crippen LogP contribution in [-0.4, -0.2) is 47.9 Å². The average Bonchev–Trinajstić information content (AvgIpc) is 2.34. The number of hydrogen-bond donors (Lipinski definition) is 2. The molecule has 0 bridgehead atoms. The van der Waals surface area contributed by atoms with Crippen molar-refractivity contribution >= 4 is 11.8 Å². The standard InChI is InChI=1S/C13H23N3O2/c1-13(2)12(18)15-11(17)8-16(13)10-6-4-9(14-3)5-7-10/h9-10,14H,4-8H2,1-3H3,(H,15,17,18). The molecule has 1 saturated carbocycles. The predicted molar refractivity (Wildman–Crippen MR) is 69.0 cm³/mol. The normalized spacial score (nSPS) is 33.3. The van der Waals surface area contributed by atoms with Gasteiger partial charge in [-0.1, -0.05) is 0 Å². The number of piperazine rings is 1. The van der Waals surface area contributed by atoms with Gasteiger partial charge in [0.15, 0.2) is 0 Å². The fourth-order valence-electron chi connectivity index (χ4n) is 3.06. The minimum Gasteiger partial charge on any atom is -0.317 e. The lowest BCUT2D eigenvalue weighted by molar-refractivity contribution is -0.148. The maximum absolute atomic E-state index is 11.9. The van der Waals surface area contributed by atoms with Gasteiger partial charge in [0.2, 0.25) is 11.8 Å². The molecule has 0 radical (unpaired) electrons. The molecule has 2 N–H and O–H groups in total. The summed E-state index contributed by atoms with van der Waals surface area (Å²) in [4.78, 5) is 25.5. The molecule has 0 aromatic carbocycles. The monoisotopic (exact) mass is 253 g/mol. The third-order valence-corrected chi connectivity index (χ3v) is 4.39. The van der Waals surface area contributed by atoms with Crippen LogP contribution in [0.4, 0.5) is 0 Å². The number of carbonyl (C=O) groups excluding carboxylic acids is 2. The molecule has 2 rings (SSSR count). The summed E-state index contributed by atoms with van der Waals surface area (Å²) in [5.74, 6) is -0.343. The summed E-state index contributed by atoms with van der Waals surface area (Å²) in [5, 5.41) is 5.73. The van der Waals surface area contributed by atoms with Crippen LogP contribution in [0, 0.1) is 0 Å². The number of amides is 2. The van der Waals surface area contributed by atoms with Crippen LogP contribution in [0.1, 0.15) is 39.5 Å². The van der Waals surface area contributed by atoms with Crippen LogP contribution in [-0.2, 0) is 9.59 Å². The minimum atomic E-state index is -0.578. The predicted octanol–water partition coefficient (Wildman–Crippen LogP) is 0.254. The van der Waals surface area contributed by atoms with Crippen LogP contribution in [0.5, 0.6) is 0 Å². The van der Waals surface area contributed by atoms with Gasteiger partial charge < -0.3 is 5.32 Å². The average molecular weight is 253 g/mol. The van der Waals surface area contributed by atoms with E-state index < -0.39 is 5.54 Å². The third kappa shape index (κ3) is 2.42. The second kappa shape index (κ2) is 4.97. The summed E-state index contributed by atoms with van der Waals surface area (Å²) in [6.45, 7) is 4.14. The first kappa shape index (κ1) is 13.5. The van der Waals surface area contributed by atoms with Gasteiger partial charge in [-0.25, -0.2) is 0 Å². The zero-order valence-corrected chi connectivity index (χ0v) is 11.5. The highest BCUT2D eigenvalue weighted by Gasteiger charge is 2.44. The highest BCUT2D eigenvalue weighted by atomic mass is 16.2. The molecule has 0 unspecified atom stereocenters. The largest absolute Gasteiger partial charge is 0.317 e. The second-order valence-corrected chi connectivity index (χ2v) is 5.86. The minimum absolute atomic E-state index is 0.171. The highest BCUT2D eigenvalue weighted by molar-refractivity contribution is 6.02. The molecule has 5 nitrogen and oxygen atoms in total. The first-order chi connectivity index (χ1) is 8.45. The Morgan fingerprint density at radius 2 is 1.83 bits per heavy atom. The quantitative estimate of drug-likeness (QED) is 0.693. The van der Waals surface area contributed by atoms with E-state index >= 15 is 0 Å². The Morgan fingerprint density at radius 1 is 1.22 bits per heavy atom. The molecule has 1 saturated heterocycles. The van der Waals surface area contributed by atoms with Crippen LogP contribution in [0.15, 0.2) is 0 Å². The zero-order chi connectivity index (χ0) is 13.3. The van der Waals surface area contributed by atoms with Crippen molar-refractivity contribution in [2.75, 3.05) is 13.6 Å². The van der Waals surface area contributed by atoms with Crippen LogP contribution in [0.2, 0.25) is 0 Å². The van der Waals surface area contributed by atoms with Crippen LogP contribution in [0.3, 0.4) is 0 Å². The molecule has 5 heteroatoms. The molecule has 1 aliphatic carbocycles. The van der Waals surface area contributed by atoms with Crippen LogP contribution < -0.4 is 10.6 Å². The van der Waals surface area contributed by atoms with Crippen molar-refractivity contribution in [2.45, 2.75) is 57.2 Å². The van der Waals surface area contributed by atoms with E-state index in [-0.39, 0.29) is 11.8 Å². The first-order valence-corrected chi connectivity index (χ1v) is 6.73. The summed E-state index contributed by atoms with van der Waals surface area (Å²) in [7, 11) is 1.99. The van der Waals surface area contributed by atoms with Gasteiger partial charge in [0, 0.05) is 12.1 Å². The van der Waals surface area contributed by atoms with E-state index in [0.717, 1.165) is 25.7 Å². The van der Waals surface area contributed by atoms with Gasteiger partial charge in [-0.15, -0.1) is 0 Å². The lowest BCUT2D eigenvalue weighted by Gasteiger charge is -2.46. The molecule has 1 aliphatic heterocycles. The summed E-state index contributed by atoms with van der Waals surface area (Å²) >= 11 is 0. The van der Waals surface area contributed by atoms with E-state index in [0.29, 0.717) is 18.6 Å². The van der Waals surface area contributed by atoms with E-state index in [2.05, 4.69) is 15.5 Å². The molecular formula is C13H23N3O2. The van der Waals surface area contributed by atoms with Gasteiger partial charge in [0.25, 0.3) is 0 Å². The molecule has 0 aromatic heterocycles. The van der Waals surface area contributed by atoms with E-state index in [9.17, 15) is 9.59 Å². The Kier molecular flexibility index (Phi) is 3.73. The van der Waals surface area contributed by atoms with Gasteiger partial charge in [-0.2, -0.15) is 0 Å². The molecular weight excluding hydrogens is 230 g/mol. The summed E-state index contributed by atoms with van der Waals surface area (Å²) in [5.41, 5.74) is -0.578. The van der Waals surface area contributed by atoms with Gasteiger partial charge in [-0.05, 0) is 46.6 Å². The van der Waals surface area contributed by atoms with Crippen LogP contribution in [0.25, 0.3) is 0 Å². The first-order valence-electron chi connectivity index (χ1n) is 6.73. The second-order valence-electron chi connectivity index (χ2n) is 5.86. The highest BCUT2D eigenvalue weighted by Crippen LogP contribution is 2.29. The number of nitrogens with one attached hydrogen (secondary N) is 2. The van der Waals surface area contributed by atoms with E-state index in [4.69, 9.17) is 0 Å². The van der Waals surface area contributed by atoms with Gasteiger partial charge in [0.05, 0.1) is 12.1 Å². The number of rotatable bonds is 2. The molecule has 0 atom stereocenters. The molecule has 102 valence electrons. The summed E-state index contributed by atoms with van der Waals surface area (Å²) in [6, 6.07) is 0.929. The molecule has 0 spiro atoms. The maximum Gasteiger partial charge on any atom is 0.246 e.